The van der Waals surface area contributed by atoms with Gasteiger partial charge in [-0.2, -0.15) is 0 Å². The third kappa shape index (κ3) is 2.43. The van der Waals surface area contributed by atoms with E-state index in [1.165, 1.54) is 6.07 Å². The van der Waals surface area contributed by atoms with Gasteiger partial charge in [-0.25, -0.2) is 5.01 Å². The molecule has 0 unspecified atom stereocenters. The van der Waals surface area contributed by atoms with E-state index in [0.717, 1.165) is 11.3 Å². The third-order valence-corrected chi connectivity index (χ3v) is 1.76. The van der Waals surface area contributed by atoms with E-state index >= 15 is 0 Å². The number of hydrazine groups is 1. The van der Waals surface area contributed by atoms with Crippen LogP contribution in [0.4, 0.5) is 11.4 Å². The van der Waals surface area contributed by atoms with Crippen LogP contribution in [0.15, 0.2) is 18.2 Å². The first-order chi connectivity index (χ1) is 6.50. The molecule has 1 rings (SSSR count). The largest absolute Gasteiger partial charge is 0.319 e. The Morgan fingerprint density at radius 2 is 2.07 bits per heavy atom. The van der Waals surface area contributed by atoms with Crippen molar-refractivity contribution in [3.05, 3.63) is 33.9 Å². The van der Waals surface area contributed by atoms with Crippen molar-refractivity contribution < 1.29 is 4.92 Å². The van der Waals surface area contributed by atoms with Crippen LogP contribution >= 0.6 is 0 Å². The van der Waals surface area contributed by atoms with Gasteiger partial charge in [-0.05, 0) is 18.6 Å². The minimum absolute atomic E-state index is 0.117. The SMILES string of the molecule is Cc1cc([N+](=O)[O-])ccc1NN(C)C. The van der Waals surface area contributed by atoms with Gasteiger partial charge in [-0.3, -0.25) is 10.1 Å². The van der Waals surface area contributed by atoms with Crippen molar-refractivity contribution in [2.75, 3.05) is 19.5 Å². The maximum Gasteiger partial charge on any atom is 0.269 e. The Kier molecular flexibility index (Phi) is 3.03. The molecule has 0 aromatic heterocycles. The lowest BCUT2D eigenvalue weighted by atomic mass is 10.2. The first kappa shape index (κ1) is 10.5. The van der Waals surface area contributed by atoms with E-state index in [1.807, 2.05) is 21.0 Å². The van der Waals surface area contributed by atoms with Crippen molar-refractivity contribution in [1.29, 1.82) is 0 Å². The Morgan fingerprint density at radius 3 is 2.50 bits per heavy atom. The van der Waals surface area contributed by atoms with Gasteiger partial charge < -0.3 is 5.43 Å². The molecule has 0 radical (unpaired) electrons. The van der Waals surface area contributed by atoms with Gasteiger partial charge in [0.2, 0.25) is 0 Å². The molecular formula is C9H13N3O2. The Balaban J connectivity index is 2.95. The monoisotopic (exact) mass is 195 g/mol. The van der Waals surface area contributed by atoms with Crippen LogP contribution < -0.4 is 5.43 Å². The average Bonchev–Trinajstić information content (AvgIpc) is 2.07. The number of nitrogens with one attached hydrogen (secondary N) is 1. The predicted octanol–water partition coefficient (Wildman–Crippen LogP) is 1.79. The van der Waals surface area contributed by atoms with Crippen LogP contribution in [0.3, 0.4) is 0 Å². The minimum Gasteiger partial charge on any atom is -0.319 e. The Hall–Kier alpha value is -1.62. The lowest BCUT2D eigenvalue weighted by Gasteiger charge is -2.15. The summed E-state index contributed by atoms with van der Waals surface area (Å²) in [7, 11) is 3.72. The fourth-order valence-corrected chi connectivity index (χ4v) is 1.13. The summed E-state index contributed by atoms with van der Waals surface area (Å²) < 4.78 is 0. The maximum absolute atomic E-state index is 10.5. The lowest BCUT2D eigenvalue weighted by Crippen LogP contribution is -2.20. The molecule has 0 bridgehead atoms. The number of anilines is 1. The first-order valence-corrected chi connectivity index (χ1v) is 4.19. The number of aryl methyl sites for hydroxylation is 1. The van der Waals surface area contributed by atoms with Gasteiger partial charge in [0, 0.05) is 26.2 Å². The number of rotatable bonds is 3. The van der Waals surface area contributed by atoms with Crippen LogP contribution in [0.25, 0.3) is 0 Å². The van der Waals surface area contributed by atoms with E-state index in [4.69, 9.17) is 0 Å². The minimum atomic E-state index is -0.396. The number of nitro groups is 1. The van der Waals surface area contributed by atoms with Gasteiger partial charge in [0.1, 0.15) is 0 Å². The molecule has 14 heavy (non-hydrogen) atoms. The summed E-state index contributed by atoms with van der Waals surface area (Å²) >= 11 is 0. The summed E-state index contributed by atoms with van der Waals surface area (Å²) in [5.74, 6) is 0. The normalized spacial score (nSPS) is 10.3. The van der Waals surface area contributed by atoms with E-state index in [2.05, 4.69) is 5.43 Å². The zero-order chi connectivity index (χ0) is 10.7. The Bertz CT molecular complexity index is 350. The van der Waals surface area contributed by atoms with E-state index < -0.39 is 4.92 Å². The maximum atomic E-state index is 10.5. The van der Waals surface area contributed by atoms with Gasteiger partial charge >= 0.3 is 0 Å². The average molecular weight is 195 g/mol. The number of hydrogen-bond donors (Lipinski definition) is 1. The smallest absolute Gasteiger partial charge is 0.269 e. The van der Waals surface area contributed by atoms with Crippen LogP contribution in [0.2, 0.25) is 0 Å². The highest BCUT2D eigenvalue weighted by atomic mass is 16.6. The molecule has 1 N–H and O–H groups in total. The second-order valence-electron chi connectivity index (χ2n) is 3.26. The predicted molar refractivity (Wildman–Crippen MR) is 55.1 cm³/mol. The van der Waals surface area contributed by atoms with Gasteiger partial charge in [0.15, 0.2) is 0 Å². The Labute approximate surface area is 82.5 Å². The molecule has 0 heterocycles. The molecule has 1 aromatic rings. The molecular weight excluding hydrogens is 182 g/mol. The molecule has 0 saturated carbocycles. The highest BCUT2D eigenvalue weighted by molar-refractivity contribution is 5.54. The summed E-state index contributed by atoms with van der Waals surface area (Å²) in [5.41, 5.74) is 4.90. The quantitative estimate of drug-likeness (QED) is 0.590. The van der Waals surface area contributed by atoms with Crippen LogP contribution in [-0.2, 0) is 0 Å². The summed E-state index contributed by atoms with van der Waals surface area (Å²) in [5, 5.41) is 12.2. The lowest BCUT2D eigenvalue weighted by molar-refractivity contribution is -0.384. The second-order valence-corrected chi connectivity index (χ2v) is 3.26. The van der Waals surface area contributed by atoms with Crippen molar-refractivity contribution in [3.63, 3.8) is 0 Å². The van der Waals surface area contributed by atoms with Gasteiger partial charge in [0.05, 0.1) is 10.6 Å². The number of nitrogens with zero attached hydrogens (tertiary/aromatic N) is 2. The topological polar surface area (TPSA) is 58.4 Å². The molecule has 5 nitrogen and oxygen atoms in total. The van der Waals surface area contributed by atoms with E-state index in [1.54, 1.807) is 17.1 Å². The van der Waals surface area contributed by atoms with Crippen LogP contribution in [0, 0.1) is 17.0 Å². The van der Waals surface area contributed by atoms with E-state index in [-0.39, 0.29) is 5.69 Å². The van der Waals surface area contributed by atoms with Crippen LogP contribution in [-0.4, -0.2) is 24.0 Å². The van der Waals surface area contributed by atoms with Crippen LogP contribution in [0.1, 0.15) is 5.56 Å². The van der Waals surface area contributed by atoms with Crippen molar-refractivity contribution >= 4 is 11.4 Å². The van der Waals surface area contributed by atoms with E-state index in [0.29, 0.717) is 0 Å². The number of non-ortho nitro benzene ring substituents is 1. The molecule has 5 heteroatoms. The highest BCUT2D eigenvalue weighted by Crippen LogP contribution is 2.20. The molecule has 0 amide bonds. The molecule has 1 aromatic carbocycles. The summed E-state index contributed by atoms with van der Waals surface area (Å²) in [4.78, 5) is 10.1. The second kappa shape index (κ2) is 4.06. The van der Waals surface area contributed by atoms with Crippen molar-refractivity contribution in [2.24, 2.45) is 0 Å². The van der Waals surface area contributed by atoms with Crippen molar-refractivity contribution in [2.45, 2.75) is 6.92 Å². The third-order valence-electron chi connectivity index (χ3n) is 1.76. The molecule has 76 valence electrons. The number of nitro benzene ring substituents is 1. The van der Waals surface area contributed by atoms with Gasteiger partial charge in [0.25, 0.3) is 5.69 Å². The van der Waals surface area contributed by atoms with Crippen molar-refractivity contribution in [3.8, 4) is 0 Å². The molecule has 0 aliphatic carbocycles. The molecule has 0 spiro atoms. The van der Waals surface area contributed by atoms with Crippen LogP contribution in [0.5, 0.6) is 0 Å². The summed E-state index contributed by atoms with van der Waals surface area (Å²) in [6.07, 6.45) is 0. The molecule has 0 saturated heterocycles. The standard InChI is InChI=1S/C9H13N3O2/c1-7-6-8(12(13)14)4-5-9(7)10-11(2)3/h4-6,10H,1-3H3. The molecule has 0 fully saturated rings. The summed E-state index contributed by atoms with van der Waals surface area (Å²) in [6.45, 7) is 1.83. The zero-order valence-electron chi connectivity index (χ0n) is 8.44. The number of hydrogen-bond acceptors (Lipinski definition) is 4. The van der Waals surface area contributed by atoms with Gasteiger partial charge in [-0.15, -0.1) is 0 Å². The van der Waals surface area contributed by atoms with Crippen molar-refractivity contribution in [1.82, 2.24) is 5.01 Å². The molecule has 0 aliphatic heterocycles. The summed E-state index contributed by atoms with van der Waals surface area (Å²) in [6, 6.07) is 4.73. The molecule has 0 atom stereocenters. The number of benzene rings is 1. The molecule has 0 aliphatic rings. The van der Waals surface area contributed by atoms with E-state index in [9.17, 15) is 10.1 Å². The fourth-order valence-electron chi connectivity index (χ4n) is 1.13. The Morgan fingerprint density at radius 1 is 1.43 bits per heavy atom. The first-order valence-electron chi connectivity index (χ1n) is 4.19. The zero-order valence-corrected chi connectivity index (χ0v) is 8.44. The highest BCUT2D eigenvalue weighted by Gasteiger charge is 2.07. The van der Waals surface area contributed by atoms with Gasteiger partial charge in [-0.1, -0.05) is 0 Å². The fraction of sp³-hybridized carbons (Fsp3) is 0.333.